The molecule has 1 saturated heterocycles. The summed E-state index contributed by atoms with van der Waals surface area (Å²) >= 11 is 5.90. The Morgan fingerprint density at radius 1 is 1.47 bits per heavy atom. The highest BCUT2D eigenvalue weighted by Gasteiger charge is 2.21. The average Bonchev–Trinajstić information content (AvgIpc) is 2.34. The maximum atomic E-state index is 13.6. The van der Waals surface area contributed by atoms with Crippen molar-refractivity contribution in [1.29, 1.82) is 0 Å². The van der Waals surface area contributed by atoms with Gasteiger partial charge in [0.2, 0.25) is 0 Å². The van der Waals surface area contributed by atoms with Crippen molar-refractivity contribution < 1.29 is 4.39 Å². The first-order chi connectivity index (χ1) is 8.19. The minimum Gasteiger partial charge on any atom is -0.314 e. The highest BCUT2D eigenvalue weighted by atomic mass is 35.5. The fourth-order valence-corrected chi connectivity index (χ4v) is 2.78. The third-order valence-electron chi connectivity index (χ3n) is 3.65. The lowest BCUT2D eigenvalue weighted by atomic mass is 9.87. The van der Waals surface area contributed by atoms with E-state index in [-0.39, 0.29) is 5.82 Å². The minimum absolute atomic E-state index is 0.144. The van der Waals surface area contributed by atoms with Crippen LogP contribution in [0.4, 0.5) is 4.39 Å². The summed E-state index contributed by atoms with van der Waals surface area (Å²) in [4.78, 5) is 0. The molecule has 94 valence electrons. The van der Waals surface area contributed by atoms with Crippen molar-refractivity contribution in [2.24, 2.45) is 5.92 Å². The van der Waals surface area contributed by atoms with Crippen LogP contribution < -0.4 is 5.32 Å². The predicted molar refractivity (Wildman–Crippen MR) is 69.9 cm³/mol. The summed E-state index contributed by atoms with van der Waals surface area (Å²) in [7, 11) is 0. The van der Waals surface area contributed by atoms with Crippen LogP contribution in [0.2, 0.25) is 5.02 Å². The molecule has 1 aliphatic heterocycles. The van der Waals surface area contributed by atoms with E-state index < -0.39 is 0 Å². The first kappa shape index (κ1) is 12.8. The van der Waals surface area contributed by atoms with Crippen molar-refractivity contribution >= 4 is 11.6 Å². The van der Waals surface area contributed by atoms with Crippen LogP contribution in [-0.4, -0.2) is 12.6 Å². The molecule has 2 atom stereocenters. The van der Waals surface area contributed by atoms with Gasteiger partial charge in [-0.2, -0.15) is 0 Å². The molecule has 0 amide bonds. The first-order valence-corrected chi connectivity index (χ1v) is 6.74. The number of piperidine rings is 1. The maximum Gasteiger partial charge on any atom is 0.126 e. The van der Waals surface area contributed by atoms with E-state index in [4.69, 9.17) is 11.6 Å². The minimum atomic E-state index is -0.144. The summed E-state index contributed by atoms with van der Waals surface area (Å²) in [6.07, 6.45) is 4.34. The van der Waals surface area contributed by atoms with Gasteiger partial charge in [0.1, 0.15) is 5.82 Å². The van der Waals surface area contributed by atoms with E-state index in [9.17, 15) is 4.39 Å². The van der Waals surface area contributed by atoms with E-state index in [2.05, 4.69) is 12.2 Å². The van der Waals surface area contributed by atoms with Crippen molar-refractivity contribution in [3.63, 3.8) is 0 Å². The number of benzene rings is 1. The largest absolute Gasteiger partial charge is 0.314 e. The normalized spacial score (nSPS) is 24.9. The summed E-state index contributed by atoms with van der Waals surface area (Å²) in [6.45, 7) is 3.28. The molecule has 1 aliphatic rings. The lowest BCUT2D eigenvalue weighted by molar-refractivity contribution is 0.292. The molecular formula is C14H19ClFN. The summed E-state index contributed by atoms with van der Waals surface area (Å²) in [6, 6.07) is 5.19. The highest BCUT2D eigenvalue weighted by molar-refractivity contribution is 6.30. The summed E-state index contributed by atoms with van der Waals surface area (Å²) in [5.41, 5.74) is 0.728. The summed E-state index contributed by atoms with van der Waals surface area (Å²) < 4.78 is 13.6. The van der Waals surface area contributed by atoms with E-state index in [0.29, 0.717) is 11.1 Å². The quantitative estimate of drug-likeness (QED) is 0.866. The van der Waals surface area contributed by atoms with Gasteiger partial charge in [0.15, 0.2) is 0 Å². The Labute approximate surface area is 107 Å². The van der Waals surface area contributed by atoms with Gasteiger partial charge in [0, 0.05) is 11.1 Å². The molecular weight excluding hydrogens is 237 g/mol. The third-order valence-corrected chi connectivity index (χ3v) is 3.89. The molecule has 1 aromatic carbocycles. The molecule has 1 aromatic rings. The van der Waals surface area contributed by atoms with Gasteiger partial charge in [-0.15, -0.1) is 0 Å². The van der Waals surface area contributed by atoms with Crippen LogP contribution in [0.5, 0.6) is 0 Å². The van der Waals surface area contributed by atoms with Crippen LogP contribution in [0.1, 0.15) is 31.7 Å². The molecule has 1 fully saturated rings. The number of rotatable bonds is 3. The Hall–Kier alpha value is -0.600. The Bertz CT molecular complexity index is 380. The van der Waals surface area contributed by atoms with Crippen molar-refractivity contribution in [1.82, 2.24) is 5.32 Å². The topological polar surface area (TPSA) is 12.0 Å². The van der Waals surface area contributed by atoms with Crippen molar-refractivity contribution in [3.05, 3.63) is 34.6 Å². The fourth-order valence-electron chi connectivity index (χ4n) is 2.59. The van der Waals surface area contributed by atoms with Crippen LogP contribution in [0.25, 0.3) is 0 Å². The van der Waals surface area contributed by atoms with Gasteiger partial charge in [-0.25, -0.2) is 4.39 Å². The molecule has 2 unspecified atom stereocenters. The Morgan fingerprint density at radius 3 is 3.06 bits per heavy atom. The predicted octanol–water partition coefficient (Wildman–Crippen LogP) is 3.80. The Kier molecular flexibility index (Phi) is 4.41. The van der Waals surface area contributed by atoms with Crippen molar-refractivity contribution in [2.45, 2.75) is 38.6 Å². The van der Waals surface area contributed by atoms with E-state index in [1.165, 1.54) is 18.9 Å². The molecule has 0 aromatic heterocycles. The van der Waals surface area contributed by atoms with Crippen LogP contribution in [0.15, 0.2) is 18.2 Å². The zero-order chi connectivity index (χ0) is 12.3. The molecule has 0 radical (unpaired) electrons. The average molecular weight is 256 g/mol. The smallest absolute Gasteiger partial charge is 0.126 e. The standard InChI is InChI=1S/C14H19ClFN/c1-2-10-5-6-17-13(7-10)9-11-8-12(15)3-4-14(11)16/h3-4,8,10,13,17H,2,5-7,9H2,1H3. The first-order valence-electron chi connectivity index (χ1n) is 6.36. The van der Waals surface area contributed by atoms with Gasteiger partial charge in [-0.3, -0.25) is 0 Å². The zero-order valence-corrected chi connectivity index (χ0v) is 10.9. The number of nitrogens with one attached hydrogen (secondary N) is 1. The molecule has 0 bridgehead atoms. The van der Waals surface area contributed by atoms with Gasteiger partial charge >= 0.3 is 0 Å². The highest BCUT2D eigenvalue weighted by Crippen LogP contribution is 2.23. The van der Waals surface area contributed by atoms with E-state index in [1.807, 2.05) is 0 Å². The third kappa shape index (κ3) is 3.43. The van der Waals surface area contributed by atoms with Crippen LogP contribution >= 0.6 is 11.6 Å². The maximum absolute atomic E-state index is 13.6. The van der Waals surface area contributed by atoms with Gasteiger partial charge in [-0.05, 0) is 55.5 Å². The van der Waals surface area contributed by atoms with Crippen molar-refractivity contribution in [2.75, 3.05) is 6.54 Å². The van der Waals surface area contributed by atoms with Gasteiger partial charge in [0.25, 0.3) is 0 Å². The Balaban J connectivity index is 2.02. The molecule has 17 heavy (non-hydrogen) atoms. The molecule has 1 nitrogen and oxygen atoms in total. The van der Waals surface area contributed by atoms with E-state index >= 15 is 0 Å². The second-order valence-corrected chi connectivity index (χ2v) is 5.33. The second-order valence-electron chi connectivity index (χ2n) is 4.89. The Morgan fingerprint density at radius 2 is 2.29 bits per heavy atom. The van der Waals surface area contributed by atoms with Crippen LogP contribution in [0, 0.1) is 11.7 Å². The number of hydrogen-bond acceptors (Lipinski definition) is 1. The molecule has 3 heteroatoms. The SMILES string of the molecule is CCC1CCNC(Cc2cc(Cl)ccc2F)C1. The lowest BCUT2D eigenvalue weighted by Gasteiger charge is -2.30. The van der Waals surface area contributed by atoms with Gasteiger partial charge in [0.05, 0.1) is 0 Å². The molecule has 1 N–H and O–H groups in total. The van der Waals surface area contributed by atoms with E-state index in [0.717, 1.165) is 30.9 Å². The van der Waals surface area contributed by atoms with Crippen molar-refractivity contribution in [3.8, 4) is 0 Å². The molecule has 0 saturated carbocycles. The van der Waals surface area contributed by atoms with E-state index in [1.54, 1.807) is 12.1 Å². The molecule has 0 aliphatic carbocycles. The molecule has 0 spiro atoms. The monoisotopic (exact) mass is 255 g/mol. The number of hydrogen-bond donors (Lipinski definition) is 1. The van der Waals surface area contributed by atoms with Crippen LogP contribution in [-0.2, 0) is 6.42 Å². The second kappa shape index (κ2) is 5.83. The van der Waals surface area contributed by atoms with Crippen LogP contribution in [0.3, 0.4) is 0 Å². The lowest BCUT2D eigenvalue weighted by Crippen LogP contribution is -2.39. The van der Waals surface area contributed by atoms with Gasteiger partial charge < -0.3 is 5.32 Å². The summed E-state index contributed by atoms with van der Waals surface area (Å²) in [5.74, 6) is 0.637. The number of halogens is 2. The molecule has 2 rings (SSSR count). The van der Waals surface area contributed by atoms with Gasteiger partial charge in [-0.1, -0.05) is 24.9 Å². The molecule has 1 heterocycles. The zero-order valence-electron chi connectivity index (χ0n) is 10.2. The fraction of sp³-hybridized carbons (Fsp3) is 0.571. The summed E-state index contributed by atoms with van der Waals surface area (Å²) in [5, 5.41) is 4.08.